The highest BCUT2D eigenvalue weighted by atomic mass is 32.2. The number of piperidine rings is 1. The first-order valence-corrected chi connectivity index (χ1v) is 14.3. The Labute approximate surface area is 206 Å². The Kier molecular flexibility index (Phi) is 6.43. The Balaban J connectivity index is 1.41. The number of hydrogen-bond donors (Lipinski definition) is 1. The maximum absolute atomic E-state index is 13.4. The summed E-state index contributed by atoms with van der Waals surface area (Å²) in [6.07, 6.45) is 5.91. The molecule has 0 radical (unpaired) electrons. The molecular formula is C25H33N5O4S. The van der Waals surface area contributed by atoms with Crippen molar-refractivity contribution in [3.8, 4) is 0 Å². The zero-order valence-corrected chi connectivity index (χ0v) is 21.2. The number of aromatic nitrogens is 2. The van der Waals surface area contributed by atoms with E-state index in [4.69, 9.17) is 4.74 Å². The van der Waals surface area contributed by atoms with Crippen molar-refractivity contribution >= 4 is 33.2 Å². The van der Waals surface area contributed by atoms with E-state index in [0.717, 1.165) is 50.4 Å². The van der Waals surface area contributed by atoms with Crippen molar-refractivity contribution in [2.75, 3.05) is 60.8 Å². The number of aryl methyl sites for hydroxylation is 1. The van der Waals surface area contributed by atoms with Gasteiger partial charge in [-0.05, 0) is 67.9 Å². The third-order valence-corrected chi connectivity index (χ3v) is 8.02. The summed E-state index contributed by atoms with van der Waals surface area (Å²) in [5.41, 5.74) is 2.37. The zero-order chi connectivity index (χ0) is 24.6. The number of ether oxygens (including phenoxy) is 1. The highest BCUT2D eigenvalue weighted by Gasteiger charge is 2.45. The van der Waals surface area contributed by atoms with Crippen molar-refractivity contribution in [1.82, 2.24) is 9.97 Å². The number of carbonyl (C=O) groups is 1. The highest BCUT2D eigenvalue weighted by molar-refractivity contribution is 7.89. The SMILES string of the molecule is Cc1cc(NC(=O)c2ccc(CS(C)(=O)=O)nc2N2CCC3(CC2)CC3)nc(N2CCOCC2)c1. The van der Waals surface area contributed by atoms with E-state index >= 15 is 0 Å². The van der Waals surface area contributed by atoms with Gasteiger partial charge in [0.2, 0.25) is 0 Å². The van der Waals surface area contributed by atoms with Crippen LogP contribution in [0.2, 0.25) is 0 Å². The molecule has 2 saturated heterocycles. The van der Waals surface area contributed by atoms with Gasteiger partial charge in [0.05, 0.1) is 30.2 Å². The quantitative estimate of drug-likeness (QED) is 0.647. The average Bonchev–Trinajstić information content (AvgIpc) is 3.57. The van der Waals surface area contributed by atoms with Crippen molar-refractivity contribution in [3.05, 3.63) is 41.1 Å². The normalized spacial score (nSPS) is 19.6. The molecule has 1 aliphatic carbocycles. The first-order chi connectivity index (χ1) is 16.7. The molecule has 1 saturated carbocycles. The van der Waals surface area contributed by atoms with Crippen LogP contribution in [0.5, 0.6) is 0 Å². The molecule has 188 valence electrons. The number of rotatable bonds is 6. The van der Waals surface area contributed by atoms with Gasteiger partial charge in [0.25, 0.3) is 5.91 Å². The number of nitrogens with zero attached hydrogens (tertiary/aromatic N) is 4. The number of hydrogen-bond acceptors (Lipinski definition) is 8. The summed E-state index contributed by atoms with van der Waals surface area (Å²) in [4.78, 5) is 27.1. The largest absolute Gasteiger partial charge is 0.378 e. The molecule has 1 N–H and O–H groups in total. The molecule has 2 aliphatic heterocycles. The summed E-state index contributed by atoms with van der Waals surface area (Å²) in [5, 5.41) is 2.96. The summed E-state index contributed by atoms with van der Waals surface area (Å²) in [7, 11) is -3.24. The van der Waals surface area contributed by atoms with Crippen molar-refractivity contribution < 1.29 is 17.9 Å². The van der Waals surface area contributed by atoms with Crippen LogP contribution in [0.15, 0.2) is 24.3 Å². The lowest BCUT2D eigenvalue weighted by Gasteiger charge is -2.34. The van der Waals surface area contributed by atoms with Crippen LogP contribution in [-0.4, -0.2) is 69.9 Å². The van der Waals surface area contributed by atoms with Crippen LogP contribution in [0.1, 0.15) is 47.3 Å². The van der Waals surface area contributed by atoms with Crippen LogP contribution >= 0.6 is 0 Å². The van der Waals surface area contributed by atoms with Crippen LogP contribution < -0.4 is 15.1 Å². The second kappa shape index (κ2) is 9.39. The minimum Gasteiger partial charge on any atom is -0.378 e. The van der Waals surface area contributed by atoms with E-state index in [9.17, 15) is 13.2 Å². The summed E-state index contributed by atoms with van der Waals surface area (Å²) in [6.45, 7) is 6.45. The van der Waals surface area contributed by atoms with E-state index in [-0.39, 0.29) is 11.7 Å². The Morgan fingerprint density at radius 3 is 2.40 bits per heavy atom. The fraction of sp³-hybridized carbons (Fsp3) is 0.560. The summed E-state index contributed by atoms with van der Waals surface area (Å²) < 4.78 is 29.2. The predicted octanol–water partition coefficient (Wildman–Crippen LogP) is 2.80. The molecule has 1 amide bonds. The maximum Gasteiger partial charge on any atom is 0.260 e. The molecule has 4 heterocycles. The maximum atomic E-state index is 13.4. The number of carbonyl (C=O) groups excluding carboxylic acids is 1. The van der Waals surface area contributed by atoms with Gasteiger partial charge in [-0.25, -0.2) is 18.4 Å². The molecule has 35 heavy (non-hydrogen) atoms. The number of amides is 1. The fourth-order valence-corrected chi connectivity index (χ4v) is 5.67. The monoisotopic (exact) mass is 499 g/mol. The number of morpholine rings is 1. The van der Waals surface area contributed by atoms with Crippen molar-refractivity contribution in [2.24, 2.45) is 5.41 Å². The minimum absolute atomic E-state index is 0.151. The topological polar surface area (TPSA) is 105 Å². The summed E-state index contributed by atoms with van der Waals surface area (Å²) >= 11 is 0. The fourth-order valence-electron chi connectivity index (χ4n) is 4.98. The van der Waals surface area contributed by atoms with Crippen LogP contribution in [0, 0.1) is 12.3 Å². The molecule has 0 unspecified atom stereocenters. The van der Waals surface area contributed by atoms with Gasteiger partial charge in [0, 0.05) is 32.4 Å². The van der Waals surface area contributed by atoms with E-state index < -0.39 is 9.84 Å². The Morgan fingerprint density at radius 1 is 1.03 bits per heavy atom. The van der Waals surface area contributed by atoms with E-state index in [1.165, 1.54) is 19.1 Å². The second-order valence-corrected chi connectivity index (χ2v) is 12.3. The number of nitrogens with one attached hydrogen (secondary N) is 1. The lowest BCUT2D eigenvalue weighted by atomic mass is 9.93. The highest BCUT2D eigenvalue weighted by Crippen LogP contribution is 2.54. The van der Waals surface area contributed by atoms with Gasteiger partial charge in [-0.2, -0.15) is 0 Å². The zero-order valence-electron chi connectivity index (χ0n) is 20.4. The molecule has 0 bridgehead atoms. The lowest BCUT2D eigenvalue weighted by Crippen LogP contribution is -2.37. The molecule has 0 atom stereocenters. The van der Waals surface area contributed by atoms with E-state index in [1.54, 1.807) is 12.1 Å². The van der Waals surface area contributed by atoms with Gasteiger partial charge in [-0.3, -0.25) is 4.79 Å². The third-order valence-electron chi connectivity index (χ3n) is 7.20. The summed E-state index contributed by atoms with van der Waals surface area (Å²) in [6, 6.07) is 7.19. The molecule has 2 aromatic rings. The van der Waals surface area contributed by atoms with Crippen LogP contribution in [0.25, 0.3) is 0 Å². The number of sulfone groups is 1. The molecule has 1 spiro atoms. The standard InChI is InChI=1S/C25H33N5O4S/c1-18-15-21(27-22(16-18)29-11-13-34-14-12-29)28-24(31)20-4-3-19(17-35(2,32)33)26-23(20)30-9-7-25(5-6-25)8-10-30/h3-4,15-16H,5-14,17H2,1-2H3,(H,27,28,31). The smallest absolute Gasteiger partial charge is 0.260 e. The molecule has 9 nitrogen and oxygen atoms in total. The predicted molar refractivity (Wildman–Crippen MR) is 136 cm³/mol. The summed E-state index contributed by atoms with van der Waals surface area (Å²) in [5.74, 6) is 1.41. The molecule has 3 aliphatic rings. The molecule has 3 fully saturated rings. The van der Waals surface area contributed by atoms with Crippen molar-refractivity contribution in [3.63, 3.8) is 0 Å². The van der Waals surface area contributed by atoms with E-state index in [0.29, 0.717) is 41.5 Å². The molecule has 5 rings (SSSR count). The minimum atomic E-state index is -3.24. The Bertz CT molecular complexity index is 1210. The van der Waals surface area contributed by atoms with Gasteiger partial charge < -0.3 is 19.9 Å². The molecule has 10 heteroatoms. The van der Waals surface area contributed by atoms with Gasteiger partial charge in [0.1, 0.15) is 17.5 Å². The van der Waals surface area contributed by atoms with Gasteiger partial charge in [0.15, 0.2) is 9.84 Å². The molecular weight excluding hydrogens is 466 g/mol. The van der Waals surface area contributed by atoms with E-state index in [2.05, 4.69) is 25.1 Å². The molecule has 0 aromatic carbocycles. The van der Waals surface area contributed by atoms with Gasteiger partial charge in [-0.1, -0.05) is 0 Å². The molecule has 2 aromatic heterocycles. The number of pyridine rings is 2. The average molecular weight is 500 g/mol. The van der Waals surface area contributed by atoms with Crippen LogP contribution in [0.4, 0.5) is 17.5 Å². The Morgan fingerprint density at radius 2 is 1.74 bits per heavy atom. The number of anilines is 3. The van der Waals surface area contributed by atoms with Gasteiger partial charge in [-0.15, -0.1) is 0 Å². The van der Waals surface area contributed by atoms with Crippen LogP contribution in [0.3, 0.4) is 0 Å². The van der Waals surface area contributed by atoms with Crippen LogP contribution in [-0.2, 0) is 20.3 Å². The van der Waals surface area contributed by atoms with E-state index in [1.807, 2.05) is 19.1 Å². The van der Waals surface area contributed by atoms with Gasteiger partial charge >= 0.3 is 0 Å². The Hall–Kier alpha value is -2.72. The third kappa shape index (κ3) is 5.75. The van der Waals surface area contributed by atoms with Crippen molar-refractivity contribution in [1.29, 1.82) is 0 Å². The second-order valence-electron chi connectivity index (χ2n) is 10.2. The van der Waals surface area contributed by atoms with Crippen molar-refractivity contribution in [2.45, 2.75) is 38.4 Å². The lowest BCUT2D eigenvalue weighted by molar-refractivity contribution is 0.102. The first-order valence-electron chi connectivity index (χ1n) is 12.3. The first kappa shape index (κ1) is 24.0.